The van der Waals surface area contributed by atoms with Gasteiger partial charge in [-0.25, -0.2) is 0 Å². The number of rotatable bonds is 9. The van der Waals surface area contributed by atoms with Crippen molar-refractivity contribution >= 4 is 46.0 Å². The maximum absolute atomic E-state index is 12.5. The summed E-state index contributed by atoms with van der Waals surface area (Å²) in [6.07, 6.45) is 2.15. The summed E-state index contributed by atoms with van der Waals surface area (Å²) in [5, 5.41) is 6.03. The Hall–Kier alpha value is -2.07. The zero-order valence-corrected chi connectivity index (χ0v) is 19.3. The highest BCUT2D eigenvalue weighted by Crippen LogP contribution is 2.23. The van der Waals surface area contributed by atoms with Crippen LogP contribution >= 0.6 is 34.3 Å². The summed E-state index contributed by atoms with van der Waals surface area (Å²) in [4.78, 5) is 34.9. The van der Waals surface area contributed by atoms with Crippen molar-refractivity contribution in [3.8, 4) is 10.7 Å². The molecule has 1 aliphatic heterocycles. The van der Waals surface area contributed by atoms with Crippen LogP contribution in [-0.4, -0.2) is 64.4 Å². The number of hydrogen-bond acceptors (Lipinski definition) is 8. The molecule has 0 aliphatic carbocycles. The Morgan fingerprint density at radius 1 is 1.13 bits per heavy atom. The molecule has 0 saturated carbocycles. The standard InChI is InChI=1S/C21H23ClN4O3S2/c22-18-7-6-16(31-18)15(27)5-8-20(28)26-12-10-25(11-13-26)9-1-4-19-23-21(24-29-19)17-3-2-14-30-17/h2-3,6-7,14H,1,4-5,8-13H2. The average molecular weight is 479 g/mol. The molecule has 10 heteroatoms. The van der Waals surface area contributed by atoms with E-state index in [4.69, 9.17) is 16.1 Å². The number of Topliss-reactive ketones (excluding diaryl/α,β-unsaturated/α-hetero) is 1. The Balaban J connectivity index is 1.13. The largest absolute Gasteiger partial charge is 0.340 e. The second-order valence-corrected chi connectivity index (χ2v) is 10.0. The fraction of sp³-hybridized carbons (Fsp3) is 0.429. The van der Waals surface area contributed by atoms with Gasteiger partial charge in [0, 0.05) is 45.4 Å². The van der Waals surface area contributed by atoms with Crippen molar-refractivity contribution in [3.05, 3.63) is 44.7 Å². The Labute approximate surface area is 193 Å². The van der Waals surface area contributed by atoms with Crippen molar-refractivity contribution < 1.29 is 14.1 Å². The van der Waals surface area contributed by atoms with E-state index in [1.807, 2.05) is 22.4 Å². The zero-order valence-electron chi connectivity index (χ0n) is 17.0. The molecule has 0 radical (unpaired) electrons. The van der Waals surface area contributed by atoms with E-state index in [2.05, 4.69) is 15.0 Å². The Bertz CT molecular complexity index is 1010. The average Bonchev–Trinajstić information content (AvgIpc) is 3.54. The first kappa shape index (κ1) is 22.1. The van der Waals surface area contributed by atoms with Crippen molar-refractivity contribution in [1.29, 1.82) is 0 Å². The van der Waals surface area contributed by atoms with Gasteiger partial charge < -0.3 is 9.42 Å². The summed E-state index contributed by atoms with van der Waals surface area (Å²) in [7, 11) is 0. The smallest absolute Gasteiger partial charge is 0.227 e. The summed E-state index contributed by atoms with van der Waals surface area (Å²) in [6.45, 7) is 3.99. The fourth-order valence-electron chi connectivity index (χ4n) is 3.50. The van der Waals surface area contributed by atoms with Crippen LogP contribution in [0.25, 0.3) is 10.7 Å². The monoisotopic (exact) mass is 478 g/mol. The number of carbonyl (C=O) groups is 2. The molecule has 0 atom stereocenters. The molecule has 3 aromatic heterocycles. The molecule has 31 heavy (non-hydrogen) atoms. The molecule has 0 bridgehead atoms. The Morgan fingerprint density at radius 2 is 1.97 bits per heavy atom. The first-order valence-electron chi connectivity index (χ1n) is 10.2. The lowest BCUT2D eigenvalue weighted by Crippen LogP contribution is -2.48. The van der Waals surface area contributed by atoms with Crippen LogP contribution in [0.15, 0.2) is 34.2 Å². The number of ketones is 1. The molecular weight excluding hydrogens is 456 g/mol. The first-order chi connectivity index (χ1) is 15.1. The predicted molar refractivity (Wildman–Crippen MR) is 122 cm³/mol. The number of thiophene rings is 2. The van der Waals surface area contributed by atoms with Gasteiger partial charge in [0.05, 0.1) is 14.1 Å². The fourth-order valence-corrected chi connectivity index (χ4v) is 5.16. The molecule has 3 aromatic rings. The highest BCUT2D eigenvalue weighted by atomic mass is 35.5. The van der Waals surface area contributed by atoms with Crippen molar-refractivity contribution in [2.75, 3.05) is 32.7 Å². The van der Waals surface area contributed by atoms with E-state index in [-0.39, 0.29) is 24.5 Å². The van der Waals surface area contributed by atoms with Crippen LogP contribution < -0.4 is 0 Å². The predicted octanol–water partition coefficient (Wildman–Crippen LogP) is 4.25. The second-order valence-electron chi connectivity index (χ2n) is 7.34. The van der Waals surface area contributed by atoms with Gasteiger partial charge in [-0.3, -0.25) is 14.5 Å². The van der Waals surface area contributed by atoms with Crippen molar-refractivity contribution in [2.45, 2.75) is 25.7 Å². The van der Waals surface area contributed by atoms with Crippen LogP contribution in [-0.2, 0) is 11.2 Å². The van der Waals surface area contributed by atoms with Gasteiger partial charge in [0.25, 0.3) is 0 Å². The van der Waals surface area contributed by atoms with E-state index in [9.17, 15) is 9.59 Å². The van der Waals surface area contributed by atoms with Gasteiger partial charge in [-0.15, -0.1) is 22.7 Å². The number of aromatic nitrogens is 2. The maximum Gasteiger partial charge on any atom is 0.227 e. The zero-order chi connectivity index (χ0) is 21.6. The van der Waals surface area contributed by atoms with Gasteiger partial charge in [-0.2, -0.15) is 4.98 Å². The summed E-state index contributed by atoms with van der Waals surface area (Å²) >= 11 is 8.72. The maximum atomic E-state index is 12.5. The lowest BCUT2D eigenvalue weighted by molar-refractivity contribution is -0.132. The topological polar surface area (TPSA) is 79.5 Å². The van der Waals surface area contributed by atoms with E-state index in [0.29, 0.717) is 34.0 Å². The van der Waals surface area contributed by atoms with Crippen molar-refractivity contribution in [1.82, 2.24) is 19.9 Å². The van der Waals surface area contributed by atoms with E-state index in [1.165, 1.54) is 11.3 Å². The highest BCUT2D eigenvalue weighted by Gasteiger charge is 2.22. The van der Waals surface area contributed by atoms with E-state index in [0.717, 1.165) is 37.4 Å². The van der Waals surface area contributed by atoms with Crippen molar-refractivity contribution in [3.63, 3.8) is 0 Å². The number of aryl methyl sites for hydroxylation is 1. The summed E-state index contributed by atoms with van der Waals surface area (Å²) in [6, 6.07) is 7.38. The number of amides is 1. The van der Waals surface area contributed by atoms with E-state index >= 15 is 0 Å². The molecule has 1 fully saturated rings. The lowest BCUT2D eigenvalue weighted by Gasteiger charge is -2.34. The number of nitrogens with zero attached hydrogens (tertiary/aromatic N) is 4. The summed E-state index contributed by atoms with van der Waals surface area (Å²) in [5.41, 5.74) is 0. The molecule has 0 aromatic carbocycles. The molecule has 1 aliphatic rings. The number of hydrogen-bond donors (Lipinski definition) is 0. The molecule has 4 heterocycles. The minimum atomic E-state index is -0.0212. The molecule has 0 spiro atoms. The number of carbonyl (C=O) groups excluding carboxylic acids is 2. The van der Waals surface area contributed by atoms with Gasteiger partial charge in [0.2, 0.25) is 17.6 Å². The van der Waals surface area contributed by atoms with Crippen LogP contribution in [0.4, 0.5) is 0 Å². The lowest BCUT2D eigenvalue weighted by atomic mass is 10.1. The molecule has 164 valence electrons. The van der Waals surface area contributed by atoms with Crippen LogP contribution in [0, 0.1) is 0 Å². The molecule has 1 amide bonds. The van der Waals surface area contributed by atoms with Crippen molar-refractivity contribution in [2.24, 2.45) is 0 Å². The van der Waals surface area contributed by atoms with Crippen LogP contribution in [0.1, 0.15) is 34.8 Å². The second kappa shape index (κ2) is 10.5. The number of piperazine rings is 1. The SMILES string of the molecule is O=C(CCC(=O)N1CCN(CCCc2nc(-c3cccs3)no2)CC1)c1ccc(Cl)s1. The molecule has 0 unspecified atom stereocenters. The third kappa shape index (κ3) is 6.00. The highest BCUT2D eigenvalue weighted by molar-refractivity contribution is 7.18. The minimum Gasteiger partial charge on any atom is -0.340 e. The van der Waals surface area contributed by atoms with Gasteiger partial charge in [0.1, 0.15) is 0 Å². The molecule has 7 nitrogen and oxygen atoms in total. The van der Waals surface area contributed by atoms with Gasteiger partial charge in [-0.05, 0) is 36.5 Å². The molecule has 4 rings (SSSR count). The van der Waals surface area contributed by atoms with E-state index < -0.39 is 0 Å². The van der Waals surface area contributed by atoms with Gasteiger partial charge in [0.15, 0.2) is 5.78 Å². The van der Waals surface area contributed by atoms with E-state index in [1.54, 1.807) is 23.5 Å². The third-order valence-electron chi connectivity index (χ3n) is 5.21. The first-order valence-corrected chi connectivity index (χ1v) is 12.3. The molecular formula is C21H23ClN4O3S2. The number of halogens is 1. The Morgan fingerprint density at radius 3 is 2.68 bits per heavy atom. The van der Waals surface area contributed by atoms with Crippen LogP contribution in [0.2, 0.25) is 4.34 Å². The summed E-state index contributed by atoms with van der Waals surface area (Å²) in [5.74, 6) is 1.33. The normalized spacial score (nSPS) is 14.8. The van der Waals surface area contributed by atoms with Crippen LogP contribution in [0.5, 0.6) is 0 Å². The molecule has 0 N–H and O–H groups in total. The minimum absolute atomic E-state index is 0.0212. The van der Waals surface area contributed by atoms with Crippen LogP contribution in [0.3, 0.4) is 0 Å². The van der Waals surface area contributed by atoms with Gasteiger partial charge in [-0.1, -0.05) is 22.8 Å². The summed E-state index contributed by atoms with van der Waals surface area (Å²) < 4.78 is 5.94. The third-order valence-corrected chi connectivity index (χ3v) is 7.35. The quantitative estimate of drug-likeness (QED) is 0.428. The molecule has 1 saturated heterocycles. The van der Waals surface area contributed by atoms with Gasteiger partial charge >= 0.3 is 0 Å². The Kier molecular flexibility index (Phi) is 7.49.